The van der Waals surface area contributed by atoms with Crippen molar-refractivity contribution in [1.82, 2.24) is 14.0 Å². The van der Waals surface area contributed by atoms with Crippen molar-refractivity contribution in [3.8, 4) is 5.75 Å². The van der Waals surface area contributed by atoms with Crippen molar-refractivity contribution in [3.63, 3.8) is 0 Å². The van der Waals surface area contributed by atoms with E-state index in [-0.39, 0.29) is 30.5 Å². The number of methoxy groups -OCH3 is 1. The number of aromatic nitrogens is 2. The first-order valence-electron chi connectivity index (χ1n) is 10.7. The van der Waals surface area contributed by atoms with E-state index in [4.69, 9.17) is 4.74 Å². The molecular formula is C25H22BrN3O4. The molecule has 1 fully saturated rings. The number of hydrogen-bond donors (Lipinski definition) is 0. The molecule has 2 heterocycles. The Morgan fingerprint density at radius 2 is 1.79 bits per heavy atom. The van der Waals surface area contributed by atoms with Crippen LogP contribution in [-0.4, -0.2) is 33.0 Å². The van der Waals surface area contributed by atoms with Crippen molar-refractivity contribution >= 4 is 49.6 Å². The molecule has 1 unspecified atom stereocenters. The number of carbonyl (C=O) groups excluding carboxylic acids is 2. The lowest BCUT2D eigenvalue weighted by molar-refractivity contribution is -0.151. The monoisotopic (exact) mass is 507 g/mol. The van der Waals surface area contributed by atoms with Crippen molar-refractivity contribution in [2.24, 2.45) is 7.05 Å². The molecule has 0 spiro atoms. The summed E-state index contributed by atoms with van der Waals surface area (Å²) in [5.41, 5.74) is 2.02. The molecule has 0 N–H and O–H groups in total. The van der Waals surface area contributed by atoms with E-state index in [1.54, 1.807) is 35.4 Å². The Morgan fingerprint density at radius 3 is 2.52 bits per heavy atom. The predicted molar refractivity (Wildman–Crippen MR) is 129 cm³/mol. The van der Waals surface area contributed by atoms with Gasteiger partial charge in [0.2, 0.25) is 5.91 Å². The van der Waals surface area contributed by atoms with Gasteiger partial charge in [0.05, 0.1) is 24.7 Å². The zero-order chi connectivity index (χ0) is 23.3. The van der Waals surface area contributed by atoms with Crippen LogP contribution in [0.3, 0.4) is 0 Å². The first-order chi connectivity index (χ1) is 15.9. The molecule has 0 bridgehead atoms. The van der Waals surface area contributed by atoms with Gasteiger partial charge in [-0.25, -0.2) is 4.79 Å². The van der Waals surface area contributed by atoms with Gasteiger partial charge in [0.15, 0.2) is 0 Å². The Labute approximate surface area is 198 Å². The normalized spacial score (nSPS) is 16.7. The summed E-state index contributed by atoms with van der Waals surface area (Å²) in [5, 5.41) is 1.93. The highest BCUT2D eigenvalue weighted by Crippen LogP contribution is 2.32. The molecule has 1 aliphatic heterocycles. The number of benzene rings is 3. The maximum Gasteiger partial charge on any atom is 0.329 e. The van der Waals surface area contributed by atoms with Crippen LogP contribution >= 0.6 is 15.9 Å². The number of hydrogen-bond acceptors (Lipinski definition) is 4. The van der Waals surface area contributed by atoms with Gasteiger partial charge < -0.3 is 4.74 Å². The number of rotatable bonds is 4. The molecule has 33 heavy (non-hydrogen) atoms. The van der Waals surface area contributed by atoms with Crippen molar-refractivity contribution in [2.45, 2.75) is 25.4 Å². The summed E-state index contributed by atoms with van der Waals surface area (Å²) in [6.45, 7) is 0.161. The number of piperidine rings is 1. The molecule has 0 aliphatic carbocycles. The minimum absolute atomic E-state index is 0.161. The third kappa shape index (κ3) is 3.54. The SMILES string of the molecule is COc1ccc(CN2C(=O)CCC(n3c(=O)n(C)c4c5ccc(Br)cc5ccc43)C2=O)cc1. The molecular weight excluding hydrogens is 486 g/mol. The summed E-state index contributed by atoms with van der Waals surface area (Å²) >= 11 is 3.49. The number of nitrogens with zero attached hydrogens (tertiary/aromatic N) is 3. The molecule has 2 amide bonds. The molecule has 1 atom stereocenters. The van der Waals surface area contributed by atoms with E-state index in [2.05, 4.69) is 15.9 Å². The van der Waals surface area contributed by atoms with E-state index in [1.807, 2.05) is 42.5 Å². The van der Waals surface area contributed by atoms with Gasteiger partial charge in [-0.2, -0.15) is 0 Å². The molecule has 3 aromatic carbocycles. The number of likely N-dealkylation sites (tertiary alicyclic amines) is 1. The number of amides is 2. The fourth-order valence-corrected chi connectivity index (χ4v) is 5.00. The second kappa shape index (κ2) is 8.19. The van der Waals surface area contributed by atoms with Gasteiger partial charge in [-0.1, -0.05) is 40.2 Å². The lowest BCUT2D eigenvalue weighted by Crippen LogP contribution is -2.47. The molecule has 4 aromatic rings. The van der Waals surface area contributed by atoms with E-state index in [9.17, 15) is 14.4 Å². The van der Waals surface area contributed by atoms with Gasteiger partial charge in [-0.3, -0.25) is 23.6 Å². The van der Waals surface area contributed by atoms with E-state index < -0.39 is 6.04 Å². The van der Waals surface area contributed by atoms with Crippen LogP contribution < -0.4 is 10.4 Å². The standard InChI is InChI=1S/C25H22BrN3O4/c1-27-23-19-9-6-17(26)13-16(19)5-10-20(23)29(25(27)32)21-11-12-22(30)28(24(21)31)14-15-3-7-18(33-2)8-4-15/h3-10,13,21H,11-12,14H2,1-2H3. The summed E-state index contributed by atoms with van der Waals surface area (Å²) < 4.78 is 9.27. The Morgan fingerprint density at radius 1 is 1.03 bits per heavy atom. The highest BCUT2D eigenvalue weighted by Gasteiger charge is 2.37. The molecule has 0 saturated carbocycles. The van der Waals surface area contributed by atoms with Gasteiger partial charge in [0.25, 0.3) is 5.91 Å². The number of imidazole rings is 1. The molecule has 168 valence electrons. The molecule has 1 aliphatic rings. The molecule has 0 radical (unpaired) electrons. The maximum absolute atomic E-state index is 13.5. The fourth-order valence-electron chi connectivity index (χ4n) is 4.62. The van der Waals surface area contributed by atoms with Gasteiger partial charge in [-0.05, 0) is 47.7 Å². The third-order valence-electron chi connectivity index (χ3n) is 6.32. The average Bonchev–Trinajstić information content (AvgIpc) is 3.07. The van der Waals surface area contributed by atoms with Crippen LogP contribution in [0.5, 0.6) is 5.75 Å². The van der Waals surface area contributed by atoms with Crippen LogP contribution in [0.4, 0.5) is 0 Å². The number of aryl methyl sites for hydroxylation is 1. The van der Waals surface area contributed by atoms with Gasteiger partial charge >= 0.3 is 5.69 Å². The second-order valence-corrected chi connectivity index (χ2v) is 9.15. The molecule has 1 aromatic heterocycles. The Hall–Kier alpha value is -3.39. The smallest absolute Gasteiger partial charge is 0.329 e. The van der Waals surface area contributed by atoms with Crippen LogP contribution in [0.15, 0.2) is 63.9 Å². The lowest BCUT2D eigenvalue weighted by Gasteiger charge is -2.31. The van der Waals surface area contributed by atoms with Gasteiger partial charge in [0.1, 0.15) is 11.8 Å². The summed E-state index contributed by atoms with van der Waals surface area (Å²) in [4.78, 5) is 40.7. The number of ether oxygens (including phenoxy) is 1. The van der Waals surface area contributed by atoms with Crippen LogP contribution in [-0.2, 0) is 23.2 Å². The number of fused-ring (bicyclic) bond motifs is 3. The lowest BCUT2D eigenvalue weighted by atomic mass is 10.0. The van der Waals surface area contributed by atoms with Crippen molar-refractivity contribution < 1.29 is 14.3 Å². The minimum atomic E-state index is -0.731. The first-order valence-corrected chi connectivity index (χ1v) is 11.4. The van der Waals surface area contributed by atoms with E-state index in [0.29, 0.717) is 17.7 Å². The zero-order valence-electron chi connectivity index (χ0n) is 18.2. The largest absolute Gasteiger partial charge is 0.497 e. The Kier molecular flexibility index (Phi) is 5.32. The van der Waals surface area contributed by atoms with E-state index >= 15 is 0 Å². The minimum Gasteiger partial charge on any atom is -0.497 e. The van der Waals surface area contributed by atoms with Crippen LogP contribution in [0.2, 0.25) is 0 Å². The van der Waals surface area contributed by atoms with Crippen LogP contribution in [0, 0.1) is 0 Å². The molecule has 5 rings (SSSR count). The quantitative estimate of drug-likeness (QED) is 0.389. The van der Waals surface area contributed by atoms with Crippen LogP contribution in [0.25, 0.3) is 21.8 Å². The highest BCUT2D eigenvalue weighted by molar-refractivity contribution is 9.10. The van der Waals surface area contributed by atoms with Crippen molar-refractivity contribution in [2.75, 3.05) is 7.11 Å². The molecule has 8 heteroatoms. The molecule has 7 nitrogen and oxygen atoms in total. The average molecular weight is 508 g/mol. The summed E-state index contributed by atoms with van der Waals surface area (Å²) in [5.74, 6) is 0.123. The Balaban J connectivity index is 1.57. The second-order valence-electron chi connectivity index (χ2n) is 8.23. The Bertz CT molecular complexity index is 1470. The third-order valence-corrected chi connectivity index (χ3v) is 6.81. The van der Waals surface area contributed by atoms with Crippen LogP contribution in [0.1, 0.15) is 24.4 Å². The van der Waals surface area contributed by atoms with Crippen molar-refractivity contribution in [1.29, 1.82) is 0 Å². The van der Waals surface area contributed by atoms with E-state index in [0.717, 1.165) is 26.3 Å². The zero-order valence-corrected chi connectivity index (χ0v) is 19.8. The maximum atomic E-state index is 13.5. The first kappa shape index (κ1) is 21.5. The van der Waals surface area contributed by atoms with Gasteiger partial charge in [0, 0.05) is 23.3 Å². The molecule has 1 saturated heterocycles. The summed E-state index contributed by atoms with van der Waals surface area (Å²) in [6, 6.07) is 16.2. The topological polar surface area (TPSA) is 73.5 Å². The van der Waals surface area contributed by atoms with E-state index in [1.165, 1.54) is 4.90 Å². The number of carbonyl (C=O) groups is 2. The fraction of sp³-hybridized carbons (Fsp3) is 0.240. The predicted octanol–water partition coefficient (Wildman–Crippen LogP) is 4.15. The summed E-state index contributed by atoms with van der Waals surface area (Å²) in [7, 11) is 3.30. The number of imide groups is 1. The highest BCUT2D eigenvalue weighted by atomic mass is 79.9. The van der Waals surface area contributed by atoms with Crippen molar-refractivity contribution in [3.05, 3.63) is 75.1 Å². The summed E-state index contributed by atoms with van der Waals surface area (Å²) in [6.07, 6.45) is 0.504. The number of halogens is 1. The van der Waals surface area contributed by atoms with Gasteiger partial charge in [-0.15, -0.1) is 0 Å².